The predicted octanol–water partition coefficient (Wildman–Crippen LogP) is 1.75. The Hall–Kier alpha value is -4.16. The highest BCUT2D eigenvalue weighted by Crippen LogP contribution is 2.38. The van der Waals surface area contributed by atoms with Crippen molar-refractivity contribution in [2.45, 2.75) is 43.6 Å². The Labute approximate surface area is 214 Å². The van der Waals surface area contributed by atoms with Crippen LogP contribution in [0.3, 0.4) is 0 Å². The van der Waals surface area contributed by atoms with Crippen LogP contribution in [0.2, 0.25) is 0 Å². The third-order valence-corrected chi connectivity index (χ3v) is 6.32. The molecular weight excluding hydrogens is 480 g/mol. The summed E-state index contributed by atoms with van der Waals surface area (Å²) in [6, 6.07) is 16.2. The van der Waals surface area contributed by atoms with Gasteiger partial charge < -0.3 is 9.47 Å². The molecule has 2 unspecified atom stereocenters. The Balaban J connectivity index is 1.73. The van der Waals surface area contributed by atoms with Crippen molar-refractivity contribution in [3.8, 4) is 0 Å². The lowest BCUT2D eigenvalue weighted by Crippen LogP contribution is -2.46. The molecule has 2 aromatic rings. The van der Waals surface area contributed by atoms with E-state index in [1.807, 2.05) is 23.1 Å². The van der Waals surface area contributed by atoms with E-state index in [-0.39, 0.29) is 0 Å². The summed E-state index contributed by atoms with van der Waals surface area (Å²) in [5.41, 5.74) is 4.59. The van der Waals surface area contributed by atoms with E-state index in [4.69, 9.17) is 19.9 Å². The van der Waals surface area contributed by atoms with E-state index in [1.54, 1.807) is 48.5 Å². The summed E-state index contributed by atoms with van der Waals surface area (Å²) in [5.74, 6) is -3.13. The number of nitrogens with zero attached hydrogens (tertiary/aromatic N) is 4. The Bertz CT molecular complexity index is 1010. The third-order valence-electron chi connectivity index (χ3n) is 6.32. The first-order valence-electron chi connectivity index (χ1n) is 12.0. The summed E-state index contributed by atoms with van der Waals surface area (Å²) in [6.07, 6.45) is 4.50. The van der Waals surface area contributed by atoms with Crippen molar-refractivity contribution in [1.29, 1.82) is 0 Å². The molecule has 0 amide bonds. The van der Waals surface area contributed by atoms with Gasteiger partial charge in [0.05, 0.1) is 0 Å². The van der Waals surface area contributed by atoms with Crippen LogP contribution in [0.25, 0.3) is 0 Å². The largest absolute Gasteiger partial charge is 0.412 e. The number of carbonyl (C=O) groups excluding carboxylic acids is 2. The van der Waals surface area contributed by atoms with Crippen molar-refractivity contribution < 1.29 is 29.5 Å². The topological polar surface area (TPSA) is 148 Å². The Morgan fingerprint density at radius 1 is 0.784 bits per heavy atom. The van der Waals surface area contributed by atoms with Crippen LogP contribution in [0, 0.1) is 0 Å². The minimum absolute atomic E-state index is 0.457. The fourth-order valence-corrected chi connectivity index (χ4v) is 4.62. The molecule has 37 heavy (non-hydrogen) atoms. The van der Waals surface area contributed by atoms with Crippen LogP contribution in [-0.4, -0.2) is 70.2 Å². The zero-order chi connectivity index (χ0) is 26.1. The maximum absolute atomic E-state index is 13.6. The van der Waals surface area contributed by atoms with Crippen molar-refractivity contribution in [2.24, 2.45) is 10.2 Å². The standard InChI is InChI=1S/C25H30N6O6/c32-23(21-13-7-15-30(21)26-17-28-34)36-25(19-9-3-1-4-10-19,20-11-5-2-6-12-20)37-24(33)22-14-8-16-31(22)27-18-29-35/h1-6,9-12,17-18,21-22,34-35H,7-8,13-16H2,(H,26,28)(H,27,29). The maximum atomic E-state index is 13.6. The van der Waals surface area contributed by atoms with Gasteiger partial charge in [-0.1, -0.05) is 60.7 Å². The molecule has 4 N–H and O–H groups in total. The minimum atomic E-state index is -1.88. The molecule has 0 radical (unpaired) electrons. The van der Waals surface area contributed by atoms with E-state index in [2.05, 4.69) is 10.2 Å². The van der Waals surface area contributed by atoms with Crippen LogP contribution in [0.15, 0.2) is 70.9 Å². The summed E-state index contributed by atoms with van der Waals surface area (Å²) in [4.78, 5) is 27.2. The van der Waals surface area contributed by atoms with Crippen molar-refractivity contribution in [3.05, 3.63) is 71.8 Å². The normalized spacial score (nSPS) is 19.9. The molecule has 2 saturated heterocycles. The van der Waals surface area contributed by atoms with Gasteiger partial charge in [0.1, 0.15) is 24.8 Å². The highest BCUT2D eigenvalue weighted by molar-refractivity contribution is 5.80. The molecular formula is C25H30N6O6. The first-order chi connectivity index (χ1) is 18.1. The number of hydroxylamine groups is 2. The van der Waals surface area contributed by atoms with Gasteiger partial charge >= 0.3 is 17.7 Å². The quantitative estimate of drug-likeness (QED) is 0.122. The van der Waals surface area contributed by atoms with Crippen LogP contribution >= 0.6 is 0 Å². The van der Waals surface area contributed by atoms with Gasteiger partial charge in [-0.05, 0) is 25.7 Å². The highest BCUT2D eigenvalue weighted by atomic mass is 16.7. The summed E-state index contributed by atoms with van der Waals surface area (Å²) >= 11 is 0. The number of rotatable bonds is 10. The fourth-order valence-electron chi connectivity index (χ4n) is 4.62. The second-order valence-electron chi connectivity index (χ2n) is 8.58. The number of hydrazone groups is 2. The molecule has 0 saturated carbocycles. The number of esters is 2. The van der Waals surface area contributed by atoms with E-state index in [0.29, 0.717) is 49.9 Å². The van der Waals surface area contributed by atoms with Crippen LogP contribution in [0.5, 0.6) is 0 Å². The zero-order valence-electron chi connectivity index (χ0n) is 20.1. The Kier molecular flexibility index (Phi) is 8.54. The molecule has 196 valence electrons. The van der Waals surface area contributed by atoms with Gasteiger partial charge in [0, 0.05) is 24.2 Å². The average molecular weight is 511 g/mol. The first kappa shape index (κ1) is 25.9. The lowest BCUT2D eigenvalue weighted by atomic mass is 9.96. The summed E-state index contributed by atoms with van der Waals surface area (Å²) < 4.78 is 12.3. The zero-order valence-corrected chi connectivity index (χ0v) is 20.1. The molecule has 0 aliphatic carbocycles. The lowest BCUT2D eigenvalue weighted by molar-refractivity contribution is -0.224. The monoisotopic (exact) mass is 510 g/mol. The first-order valence-corrected chi connectivity index (χ1v) is 12.0. The van der Waals surface area contributed by atoms with Gasteiger partial charge in [-0.3, -0.25) is 31.4 Å². The smallest absolute Gasteiger partial charge is 0.334 e. The third kappa shape index (κ3) is 5.81. The van der Waals surface area contributed by atoms with Crippen LogP contribution in [0.1, 0.15) is 36.8 Å². The molecule has 2 atom stereocenters. The van der Waals surface area contributed by atoms with Crippen LogP contribution < -0.4 is 11.0 Å². The van der Waals surface area contributed by atoms with Gasteiger partial charge in [0.25, 0.3) is 0 Å². The van der Waals surface area contributed by atoms with E-state index in [9.17, 15) is 9.59 Å². The van der Waals surface area contributed by atoms with Crippen LogP contribution in [0.4, 0.5) is 0 Å². The molecule has 0 aromatic heterocycles. The van der Waals surface area contributed by atoms with Gasteiger partial charge in [-0.15, -0.1) is 0 Å². The van der Waals surface area contributed by atoms with Crippen molar-refractivity contribution >= 4 is 24.6 Å². The van der Waals surface area contributed by atoms with E-state index in [1.165, 1.54) is 10.0 Å². The summed E-state index contributed by atoms with van der Waals surface area (Å²) in [6.45, 7) is 0.991. The molecule has 2 aliphatic rings. The van der Waals surface area contributed by atoms with Crippen molar-refractivity contribution in [3.63, 3.8) is 0 Å². The van der Waals surface area contributed by atoms with Crippen molar-refractivity contribution in [1.82, 2.24) is 21.0 Å². The lowest BCUT2D eigenvalue weighted by Gasteiger charge is -2.36. The molecule has 2 fully saturated rings. The number of nitrogens with one attached hydrogen (secondary N) is 2. The molecule has 0 bridgehead atoms. The second-order valence-corrected chi connectivity index (χ2v) is 8.58. The SMILES string of the molecule is O=C(OC(OC(=O)C1CCCN1N=CNO)(c1ccccc1)c1ccccc1)C1CCCN1N=CNO. The molecule has 12 nitrogen and oxygen atoms in total. The van der Waals surface area contributed by atoms with Gasteiger partial charge in [0.15, 0.2) is 0 Å². The predicted molar refractivity (Wildman–Crippen MR) is 132 cm³/mol. The molecule has 12 heteroatoms. The van der Waals surface area contributed by atoms with Crippen LogP contribution in [-0.2, 0) is 24.8 Å². The number of ether oxygens (including phenoxy) is 2. The number of carbonyl (C=O) groups is 2. The molecule has 2 aromatic carbocycles. The Morgan fingerprint density at radius 2 is 1.19 bits per heavy atom. The van der Waals surface area contributed by atoms with Gasteiger partial charge in [0.2, 0.25) is 0 Å². The maximum Gasteiger partial charge on any atom is 0.334 e. The Morgan fingerprint density at radius 3 is 1.57 bits per heavy atom. The van der Waals surface area contributed by atoms with E-state index >= 15 is 0 Å². The highest BCUT2D eigenvalue weighted by Gasteiger charge is 2.47. The summed E-state index contributed by atoms with van der Waals surface area (Å²) in [5, 5.41) is 28.9. The van der Waals surface area contributed by atoms with Gasteiger partial charge in [-0.2, -0.15) is 10.2 Å². The number of hydrogen-bond donors (Lipinski definition) is 4. The molecule has 4 rings (SSSR count). The number of benzene rings is 2. The number of hydrogen-bond acceptors (Lipinski definition) is 10. The summed E-state index contributed by atoms with van der Waals surface area (Å²) in [7, 11) is 0. The average Bonchev–Trinajstić information content (AvgIpc) is 3.61. The molecule has 2 heterocycles. The minimum Gasteiger partial charge on any atom is -0.412 e. The fraction of sp³-hybridized carbons (Fsp3) is 0.360. The molecule has 2 aliphatic heterocycles. The van der Waals surface area contributed by atoms with E-state index in [0.717, 1.165) is 12.7 Å². The van der Waals surface area contributed by atoms with E-state index < -0.39 is 29.8 Å². The molecule has 0 spiro atoms. The second kappa shape index (κ2) is 12.2. The van der Waals surface area contributed by atoms with Gasteiger partial charge in [-0.25, -0.2) is 9.59 Å². The van der Waals surface area contributed by atoms with Crippen molar-refractivity contribution in [2.75, 3.05) is 13.1 Å².